The monoisotopic (exact) mass is 310 g/mol. The number of hydrogen-bond acceptors (Lipinski definition) is 6. The van der Waals surface area contributed by atoms with Crippen LogP contribution in [0.1, 0.15) is 11.4 Å². The van der Waals surface area contributed by atoms with Gasteiger partial charge in [-0.25, -0.2) is 17.8 Å². The van der Waals surface area contributed by atoms with Gasteiger partial charge in [-0.05, 0) is 32.0 Å². The highest BCUT2D eigenvalue weighted by Crippen LogP contribution is 2.10. The number of sulfonamides is 1. The van der Waals surface area contributed by atoms with Crippen molar-refractivity contribution < 1.29 is 8.42 Å². The van der Waals surface area contributed by atoms with Crippen molar-refractivity contribution in [1.29, 1.82) is 0 Å². The van der Waals surface area contributed by atoms with Crippen LogP contribution in [0.25, 0.3) is 5.82 Å². The summed E-state index contributed by atoms with van der Waals surface area (Å²) in [6, 6.07) is 5.54. The van der Waals surface area contributed by atoms with Gasteiger partial charge in [-0.1, -0.05) is 0 Å². The molecule has 0 aliphatic carbocycles. The Morgan fingerprint density at radius 3 is 2.48 bits per heavy atom. The summed E-state index contributed by atoms with van der Waals surface area (Å²) >= 11 is 0. The summed E-state index contributed by atoms with van der Waals surface area (Å²) in [6.45, 7) is 4.59. The molecule has 0 radical (unpaired) electrons. The highest BCUT2D eigenvalue weighted by atomic mass is 32.2. The summed E-state index contributed by atoms with van der Waals surface area (Å²) in [5.74, 6) is 1.22. The van der Waals surface area contributed by atoms with Crippen molar-refractivity contribution in [3.05, 3.63) is 29.6 Å². The average molecular weight is 310 g/mol. The third-order valence-electron chi connectivity index (χ3n) is 2.67. The third kappa shape index (κ3) is 4.50. The highest BCUT2D eigenvalue weighted by Gasteiger charge is 2.06. The molecule has 0 spiro atoms. The van der Waals surface area contributed by atoms with Crippen LogP contribution < -0.4 is 10.0 Å². The Morgan fingerprint density at radius 1 is 1.19 bits per heavy atom. The quantitative estimate of drug-likeness (QED) is 0.741. The fourth-order valence-electron chi connectivity index (χ4n) is 1.82. The molecule has 9 heteroatoms. The normalized spacial score (nSPS) is 11.6. The van der Waals surface area contributed by atoms with E-state index in [0.717, 1.165) is 17.6 Å². The third-order valence-corrected chi connectivity index (χ3v) is 3.40. The lowest BCUT2D eigenvalue weighted by Gasteiger charge is -2.06. The van der Waals surface area contributed by atoms with Crippen molar-refractivity contribution in [1.82, 2.24) is 24.7 Å². The van der Waals surface area contributed by atoms with Crippen LogP contribution in [0.15, 0.2) is 18.2 Å². The van der Waals surface area contributed by atoms with Crippen molar-refractivity contribution in [2.75, 3.05) is 24.7 Å². The van der Waals surface area contributed by atoms with Crippen molar-refractivity contribution in [3.63, 3.8) is 0 Å². The number of aromatic nitrogens is 4. The maximum Gasteiger partial charge on any atom is 0.208 e. The minimum atomic E-state index is -3.16. The first kappa shape index (κ1) is 15.4. The molecule has 0 aromatic carbocycles. The second kappa shape index (κ2) is 6.19. The molecular formula is C12H18N6O2S. The molecule has 8 nitrogen and oxygen atoms in total. The van der Waals surface area contributed by atoms with Crippen LogP contribution in [0, 0.1) is 13.8 Å². The maximum atomic E-state index is 10.9. The van der Waals surface area contributed by atoms with Crippen LogP contribution in [-0.4, -0.2) is 47.7 Å². The lowest BCUT2D eigenvalue weighted by atomic mass is 10.4. The van der Waals surface area contributed by atoms with Crippen LogP contribution in [0.5, 0.6) is 0 Å². The number of hydrogen-bond donors (Lipinski definition) is 2. The molecule has 0 fully saturated rings. The van der Waals surface area contributed by atoms with Crippen LogP contribution >= 0.6 is 0 Å². The van der Waals surface area contributed by atoms with Crippen LogP contribution in [0.2, 0.25) is 0 Å². The van der Waals surface area contributed by atoms with E-state index in [4.69, 9.17) is 0 Å². The molecule has 0 bridgehead atoms. The Bertz CT molecular complexity index is 708. The molecule has 0 saturated carbocycles. The van der Waals surface area contributed by atoms with Crippen molar-refractivity contribution in [2.45, 2.75) is 13.8 Å². The zero-order chi connectivity index (χ0) is 15.5. The molecular weight excluding hydrogens is 292 g/mol. The number of nitrogens with one attached hydrogen (secondary N) is 2. The largest absolute Gasteiger partial charge is 0.367 e. The predicted molar refractivity (Wildman–Crippen MR) is 80.0 cm³/mol. The van der Waals surface area contributed by atoms with E-state index in [1.54, 1.807) is 16.8 Å². The van der Waals surface area contributed by atoms with E-state index in [1.165, 1.54) is 0 Å². The van der Waals surface area contributed by atoms with Gasteiger partial charge in [0.2, 0.25) is 10.0 Å². The Morgan fingerprint density at radius 2 is 1.95 bits per heavy atom. The summed E-state index contributed by atoms with van der Waals surface area (Å²) in [7, 11) is -3.16. The minimum absolute atomic E-state index is 0.291. The first-order valence-electron chi connectivity index (χ1n) is 6.41. The fourth-order valence-corrected chi connectivity index (χ4v) is 2.29. The summed E-state index contributed by atoms with van der Waals surface area (Å²) in [4.78, 5) is 0. The van der Waals surface area contributed by atoms with Crippen molar-refractivity contribution in [3.8, 4) is 5.82 Å². The van der Waals surface area contributed by atoms with E-state index < -0.39 is 10.0 Å². The standard InChI is InChI=1S/C12H18N6O2S/c1-9-8-10(2)18(17-9)12-5-4-11(15-16-12)13-6-7-14-21(3,19)20/h4-5,8,14H,6-7H2,1-3H3,(H,13,15). The lowest BCUT2D eigenvalue weighted by Crippen LogP contribution is -2.27. The van der Waals surface area contributed by atoms with Gasteiger partial charge in [0, 0.05) is 18.8 Å². The Kier molecular flexibility index (Phi) is 4.53. The van der Waals surface area contributed by atoms with E-state index in [2.05, 4.69) is 25.3 Å². The Balaban J connectivity index is 1.95. The molecule has 2 aromatic heterocycles. The molecule has 0 unspecified atom stereocenters. The van der Waals surface area contributed by atoms with Gasteiger partial charge in [-0.2, -0.15) is 5.10 Å². The Hall–Kier alpha value is -2.00. The average Bonchev–Trinajstić information content (AvgIpc) is 2.73. The molecule has 21 heavy (non-hydrogen) atoms. The zero-order valence-electron chi connectivity index (χ0n) is 12.2. The number of aryl methyl sites for hydroxylation is 2. The van der Waals surface area contributed by atoms with Crippen molar-refractivity contribution in [2.24, 2.45) is 0 Å². The maximum absolute atomic E-state index is 10.9. The van der Waals surface area contributed by atoms with Gasteiger partial charge in [0.05, 0.1) is 11.9 Å². The van der Waals surface area contributed by atoms with Gasteiger partial charge < -0.3 is 5.32 Å². The SMILES string of the molecule is Cc1cc(C)n(-c2ccc(NCCNS(C)(=O)=O)nn2)n1. The molecule has 0 atom stereocenters. The van der Waals surface area contributed by atoms with Gasteiger partial charge in [0.15, 0.2) is 5.82 Å². The topological polar surface area (TPSA) is 102 Å². The molecule has 2 heterocycles. The summed E-state index contributed by atoms with van der Waals surface area (Å²) < 4.78 is 25.9. The first-order valence-corrected chi connectivity index (χ1v) is 8.30. The van der Waals surface area contributed by atoms with Gasteiger partial charge in [0.1, 0.15) is 5.82 Å². The predicted octanol–water partition coefficient (Wildman–Crippen LogP) is 0.240. The number of rotatable bonds is 6. The highest BCUT2D eigenvalue weighted by molar-refractivity contribution is 7.88. The Labute approximate surface area is 123 Å². The molecule has 2 rings (SSSR count). The van der Waals surface area contributed by atoms with Crippen LogP contribution in [0.4, 0.5) is 5.82 Å². The van der Waals surface area contributed by atoms with Crippen LogP contribution in [0.3, 0.4) is 0 Å². The molecule has 0 aliphatic rings. The molecule has 0 saturated heterocycles. The first-order chi connectivity index (χ1) is 9.85. The van der Waals surface area contributed by atoms with E-state index >= 15 is 0 Å². The zero-order valence-corrected chi connectivity index (χ0v) is 13.0. The van der Waals surface area contributed by atoms with Crippen LogP contribution in [-0.2, 0) is 10.0 Å². The van der Waals surface area contributed by atoms with Gasteiger partial charge in [-0.15, -0.1) is 10.2 Å². The smallest absolute Gasteiger partial charge is 0.208 e. The van der Waals surface area contributed by atoms with E-state index in [9.17, 15) is 8.42 Å². The summed E-state index contributed by atoms with van der Waals surface area (Å²) in [5.41, 5.74) is 1.91. The minimum Gasteiger partial charge on any atom is -0.367 e. The second-order valence-electron chi connectivity index (χ2n) is 4.71. The van der Waals surface area contributed by atoms with Gasteiger partial charge >= 0.3 is 0 Å². The number of anilines is 1. The molecule has 114 valence electrons. The van der Waals surface area contributed by atoms with Crippen molar-refractivity contribution >= 4 is 15.8 Å². The van der Waals surface area contributed by atoms with Gasteiger partial charge in [-0.3, -0.25) is 0 Å². The van der Waals surface area contributed by atoms with Gasteiger partial charge in [0.25, 0.3) is 0 Å². The summed E-state index contributed by atoms with van der Waals surface area (Å²) in [5, 5.41) is 15.5. The number of nitrogens with zero attached hydrogens (tertiary/aromatic N) is 4. The molecule has 0 aliphatic heterocycles. The van der Waals surface area contributed by atoms with E-state index in [-0.39, 0.29) is 0 Å². The molecule has 0 amide bonds. The molecule has 2 N–H and O–H groups in total. The van der Waals surface area contributed by atoms with E-state index in [1.807, 2.05) is 19.9 Å². The summed E-state index contributed by atoms with van der Waals surface area (Å²) in [6.07, 6.45) is 1.12. The fraction of sp³-hybridized carbons (Fsp3) is 0.417. The molecule has 2 aromatic rings. The lowest BCUT2D eigenvalue weighted by molar-refractivity contribution is 0.589. The van der Waals surface area contributed by atoms with E-state index in [0.29, 0.717) is 24.7 Å². The second-order valence-corrected chi connectivity index (χ2v) is 6.54.